The predicted octanol–water partition coefficient (Wildman–Crippen LogP) is 3.47. The SMILES string of the molecule is CC(C)(C)SCCCC(=O)Nc1ccc(CCO)cc1. The Hall–Kier alpha value is -1.00. The largest absolute Gasteiger partial charge is 0.396 e. The molecule has 20 heavy (non-hydrogen) atoms. The first kappa shape index (κ1) is 17.1. The van der Waals surface area contributed by atoms with E-state index in [0.29, 0.717) is 12.8 Å². The summed E-state index contributed by atoms with van der Waals surface area (Å²) < 4.78 is 0.263. The Kier molecular flexibility index (Phi) is 7.10. The number of thioether (sulfide) groups is 1. The molecule has 0 bridgehead atoms. The second-order valence-corrected chi connectivity index (χ2v) is 7.70. The van der Waals surface area contributed by atoms with E-state index < -0.39 is 0 Å². The van der Waals surface area contributed by atoms with E-state index in [1.54, 1.807) is 0 Å². The van der Waals surface area contributed by atoms with Gasteiger partial charge in [-0.2, -0.15) is 11.8 Å². The molecule has 0 saturated carbocycles. The molecule has 0 heterocycles. The van der Waals surface area contributed by atoms with E-state index in [1.807, 2.05) is 36.0 Å². The lowest BCUT2D eigenvalue weighted by Crippen LogP contribution is -2.13. The van der Waals surface area contributed by atoms with Crippen molar-refractivity contribution in [1.29, 1.82) is 0 Å². The van der Waals surface area contributed by atoms with Gasteiger partial charge in [0, 0.05) is 23.5 Å². The monoisotopic (exact) mass is 295 g/mol. The van der Waals surface area contributed by atoms with Crippen LogP contribution in [0.3, 0.4) is 0 Å². The molecule has 0 atom stereocenters. The summed E-state index contributed by atoms with van der Waals surface area (Å²) in [5.41, 5.74) is 1.90. The Morgan fingerprint density at radius 2 is 1.90 bits per heavy atom. The lowest BCUT2D eigenvalue weighted by molar-refractivity contribution is -0.116. The molecule has 1 amide bonds. The Morgan fingerprint density at radius 3 is 2.45 bits per heavy atom. The Labute approximate surface area is 126 Å². The molecule has 2 N–H and O–H groups in total. The van der Waals surface area contributed by atoms with Crippen molar-refractivity contribution in [3.8, 4) is 0 Å². The van der Waals surface area contributed by atoms with Gasteiger partial charge in [-0.25, -0.2) is 0 Å². The molecule has 0 unspecified atom stereocenters. The smallest absolute Gasteiger partial charge is 0.224 e. The van der Waals surface area contributed by atoms with Gasteiger partial charge in [-0.3, -0.25) is 4.79 Å². The number of carbonyl (C=O) groups excluding carboxylic acids is 1. The molecule has 0 radical (unpaired) electrons. The summed E-state index contributed by atoms with van der Waals surface area (Å²) in [5, 5.41) is 11.7. The third kappa shape index (κ3) is 7.56. The number of aliphatic hydroxyl groups excluding tert-OH is 1. The third-order valence-corrected chi connectivity index (χ3v) is 4.08. The molecule has 1 rings (SSSR count). The van der Waals surface area contributed by atoms with E-state index in [9.17, 15) is 4.79 Å². The first-order valence-electron chi connectivity index (χ1n) is 7.04. The van der Waals surface area contributed by atoms with Gasteiger partial charge in [-0.1, -0.05) is 32.9 Å². The van der Waals surface area contributed by atoms with Crippen LogP contribution in [-0.2, 0) is 11.2 Å². The number of benzene rings is 1. The zero-order valence-corrected chi connectivity index (χ0v) is 13.4. The average molecular weight is 295 g/mol. The number of rotatable bonds is 7. The number of hydrogen-bond donors (Lipinski definition) is 2. The minimum absolute atomic E-state index is 0.0643. The quantitative estimate of drug-likeness (QED) is 0.757. The van der Waals surface area contributed by atoms with E-state index in [-0.39, 0.29) is 17.3 Å². The lowest BCUT2D eigenvalue weighted by atomic mass is 10.1. The summed E-state index contributed by atoms with van der Waals surface area (Å²) >= 11 is 1.89. The van der Waals surface area contributed by atoms with E-state index in [2.05, 4.69) is 26.1 Å². The maximum absolute atomic E-state index is 11.8. The molecule has 0 spiro atoms. The van der Waals surface area contributed by atoms with Crippen LogP contribution in [0.1, 0.15) is 39.2 Å². The Balaban J connectivity index is 2.28. The normalized spacial score (nSPS) is 11.4. The van der Waals surface area contributed by atoms with Crippen LogP contribution in [0.4, 0.5) is 5.69 Å². The van der Waals surface area contributed by atoms with Gasteiger partial charge in [0.25, 0.3) is 0 Å². The van der Waals surface area contributed by atoms with Gasteiger partial charge < -0.3 is 10.4 Å². The highest BCUT2D eigenvalue weighted by atomic mass is 32.2. The summed E-state index contributed by atoms with van der Waals surface area (Å²) in [7, 11) is 0. The summed E-state index contributed by atoms with van der Waals surface area (Å²) in [6, 6.07) is 7.63. The highest BCUT2D eigenvalue weighted by Gasteiger charge is 2.10. The highest BCUT2D eigenvalue weighted by molar-refractivity contribution is 8.00. The van der Waals surface area contributed by atoms with Gasteiger partial charge in [0.2, 0.25) is 5.91 Å². The molecule has 0 aromatic heterocycles. The number of anilines is 1. The van der Waals surface area contributed by atoms with Crippen LogP contribution < -0.4 is 5.32 Å². The second kappa shape index (κ2) is 8.32. The molecular weight excluding hydrogens is 270 g/mol. The minimum Gasteiger partial charge on any atom is -0.396 e. The number of aliphatic hydroxyl groups is 1. The van der Waals surface area contributed by atoms with Crippen LogP contribution in [-0.4, -0.2) is 28.1 Å². The summed E-state index contributed by atoms with van der Waals surface area (Å²) in [6.45, 7) is 6.71. The van der Waals surface area contributed by atoms with Gasteiger partial charge in [0.15, 0.2) is 0 Å². The molecule has 0 saturated heterocycles. The number of amides is 1. The maximum Gasteiger partial charge on any atom is 0.224 e. The van der Waals surface area contributed by atoms with Crippen molar-refractivity contribution in [2.24, 2.45) is 0 Å². The van der Waals surface area contributed by atoms with Crippen LogP contribution in [0.2, 0.25) is 0 Å². The number of hydrogen-bond acceptors (Lipinski definition) is 3. The highest BCUT2D eigenvalue weighted by Crippen LogP contribution is 2.24. The van der Waals surface area contributed by atoms with Crippen molar-refractivity contribution >= 4 is 23.4 Å². The Morgan fingerprint density at radius 1 is 1.25 bits per heavy atom. The Bertz CT molecular complexity index is 409. The molecule has 4 heteroatoms. The van der Waals surface area contributed by atoms with Gasteiger partial charge in [0.05, 0.1) is 0 Å². The van der Waals surface area contributed by atoms with Crippen LogP contribution in [0.25, 0.3) is 0 Å². The van der Waals surface area contributed by atoms with Crippen molar-refractivity contribution in [2.45, 2.75) is 44.8 Å². The molecule has 0 aliphatic carbocycles. The van der Waals surface area contributed by atoms with E-state index in [0.717, 1.165) is 23.4 Å². The first-order valence-corrected chi connectivity index (χ1v) is 8.03. The standard InChI is InChI=1S/C16H25NO2S/c1-16(2,3)20-12-4-5-15(19)17-14-8-6-13(7-9-14)10-11-18/h6-9,18H,4-5,10-12H2,1-3H3,(H,17,19). The zero-order valence-electron chi connectivity index (χ0n) is 12.6. The summed E-state index contributed by atoms with van der Waals surface area (Å²) in [4.78, 5) is 11.8. The van der Waals surface area contributed by atoms with Gasteiger partial charge >= 0.3 is 0 Å². The lowest BCUT2D eigenvalue weighted by Gasteiger charge is -2.17. The second-order valence-electron chi connectivity index (χ2n) is 5.78. The van der Waals surface area contributed by atoms with Gasteiger partial charge in [-0.15, -0.1) is 0 Å². The van der Waals surface area contributed by atoms with Crippen LogP contribution >= 0.6 is 11.8 Å². The van der Waals surface area contributed by atoms with Gasteiger partial charge in [-0.05, 0) is 36.3 Å². The van der Waals surface area contributed by atoms with Crippen molar-refractivity contribution < 1.29 is 9.90 Å². The van der Waals surface area contributed by atoms with Crippen molar-refractivity contribution in [1.82, 2.24) is 0 Å². The molecule has 112 valence electrons. The molecular formula is C16H25NO2S. The fraction of sp³-hybridized carbons (Fsp3) is 0.562. The molecule has 1 aromatic rings. The summed E-state index contributed by atoms with van der Waals surface area (Å²) in [5.74, 6) is 1.07. The van der Waals surface area contributed by atoms with Crippen molar-refractivity contribution in [2.75, 3.05) is 17.7 Å². The predicted molar refractivity (Wildman–Crippen MR) is 87.3 cm³/mol. The molecule has 0 fully saturated rings. The average Bonchev–Trinajstić information content (AvgIpc) is 2.36. The van der Waals surface area contributed by atoms with Crippen molar-refractivity contribution in [3.63, 3.8) is 0 Å². The first-order chi connectivity index (χ1) is 9.40. The van der Waals surface area contributed by atoms with Gasteiger partial charge in [0.1, 0.15) is 0 Å². The van der Waals surface area contributed by atoms with Crippen molar-refractivity contribution in [3.05, 3.63) is 29.8 Å². The van der Waals surface area contributed by atoms with E-state index in [1.165, 1.54) is 0 Å². The topological polar surface area (TPSA) is 49.3 Å². The molecule has 0 aliphatic heterocycles. The van der Waals surface area contributed by atoms with E-state index >= 15 is 0 Å². The number of nitrogens with one attached hydrogen (secondary N) is 1. The number of carbonyl (C=O) groups is 1. The fourth-order valence-corrected chi connectivity index (χ4v) is 2.62. The third-order valence-electron chi connectivity index (χ3n) is 2.72. The molecule has 0 aliphatic rings. The van der Waals surface area contributed by atoms with Crippen LogP contribution in [0.5, 0.6) is 0 Å². The minimum atomic E-state index is 0.0643. The fourth-order valence-electron chi connectivity index (χ4n) is 1.72. The maximum atomic E-state index is 11.8. The molecule has 3 nitrogen and oxygen atoms in total. The molecule has 1 aromatic carbocycles. The van der Waals surface area contributed by atoms with Crippen LogP contribution in [0, 0.1) is 0 Å². The van der Waals surface area contributed by atoms with Crippen LogP contribution in [0.15, 0.2) is 24.3 Å². The zero-order chi connectivity index (χ0) is 15.0. The van der Waals surface area contributed by atoms with E-state index in [4.69, 9.17) is 5.11 Å². The summed E-state index contributed by atoms with van der Waals surface area (Å²) in [6.07, 6.45) is 2.11.